The summed E-state index contributed by atoms with van der Waals surface area (Å²) in [4.78, 5) is 12.0. The van der Waals surface area contributed by atoms with E-state index in [1.807, 2.05) is 0 Å². The van der Waals surface area contributed by atoms with E-state index in [9.17, 15) is 9.90 Å². The molecule has 0 aromatic heterocycles. The highest BCUT2D eigenvalue weighted by atomic mass is 16.3. The number of aliphatic hydroxyl groups is 1. The van der Waals surface area contributed by atoms with Gasteiger partial charge in [0, 0.05) is 18.7 Å². The van der Waals surface area contributed by atoms with Gasteiger partial charge in [0.1, 0.15) is 0 Å². The number of aliphatic hydroxyl groups excluding tert-OH is 1. The normalized spacial score (nSPS) is 18.0. The Bertz CT molecular complexity index is 437. The fraction of sp³-hybridized carbons (Fsp3) is 0.588. The molecule has 0 spiro atoms. The molecule has 0 aliphatic heterocycles. The number of hydrogen-bond acceptors (Lipinski definition) is 3. The van der Waals surface area contributed by atoms with E-state index in [4.69, 9.17) is 5.73 Å². The Balaban J connectivity index is 1.73. The lowest BCUT2D eigenvalue weighted by molar-refractivity contribution is -0.122. The van der Waals surface area contributed by atoms with E-state index in [0.717, 1.165) is 18.4 Å². The Morgan fingerprint density at radius 3 is 2.43 bits per heavy atom. The molecule has 1 unspecified atom stereocenters. The van der Waals surface area contributed by atoms with Crippen molar-refractivity contribution in [1.29, 1.82) is 0 Å². The van der Waals surface area contributed by atoms with Gasteiger partial charge in [-0.1, -0.05) is 37.8 Å². The van der Waals surface area contributed by atoms with Crippen LogP contribution in [0.25, 0.3) is 0 Å². The molecule has 0 radical (unpaired) electrons. The third-order valence-corrected chi connectivity index (χ3v) is 4.26. The Morgan fingerprint density at radius 1 is 1.19 bits per heavy atom. The van der Waals surface area contributed by atoms with E-state index >= 15 is 0 Å². The van der Waals surface area contributed by atoms with Crippen molar-refractivity contribution in [2.75, 3.05) is 12.3 Å². The van der Waals surface area contributed by atoms with Crippen LogP contribution >= 0.6 is 0 Å². The molecule has 1 aromatic carbocycles. The molecule has 1 aliphatic rings. The molecule has 0 heterocycles. The molecule has 4 N–H and O–H groups in total. The standard InChI is InChI=1S/C17H26N2O2/c18-15-9-7-14(8-10-15)16(20)12-19-17(21)11-13-5-3-1-2-4-6-13/h7-10,13,16,20H,1-6,11-12,18H2,(H,19,21). The zero-order valence-corrected chi connectivity index (χ0v) is 12.6. The van der Waals surface area contributed by atoms with Crippen molar-refractivity contribution in [3.05, 3.63) is 29.8 Å². The van der Waals surface area contributed by atoms with Gasteiger partial charge < -0.3 is 16.2 Å². The molecule has 2 rings (SSSR count). The first-order valence-corrected chi connectivity index (χ1v) is 7.95. The van der Waals surface area contributed by atoms with Gasteiger partial charge in [0.2, 0.25) is 5.91 Å². The maximum Gasteiger partial charge on any atom is 0.220 e. The smallest absolute Gasteiger partial charge is 0.220 e. The molecule has 21 heavy (non-hydrogen) atoms. The molecular formula is C17H26N2O2. The lowest BCUT2D eigenvalue weighted by atomic mass is 9.96. The Morgan fingerprint density at radius 2 is 1.81 bits per heavy atom. The predicted octanol–water partition coefficient (Wildman–Crippen LogP) is 2.78. The van der Waals surface area contributed by atoms with Crippen LogP contribution in [-0.2, 0) is 4.79 Å². The van der Waals surface area contributed by atoms with E-state index in [1.54, 1.807) is 24.3 Å². The summed E-state index contributed by atoms with van der Waals surface area (Å²) in [6, 6.07) is 7.09. The molecular weight excluding hydrogens is 264 g/mol. The first kappa shape index (κ1) is 15.8. The molecule has 4 nitrogen and oxygen atoms in total. The Kier molecular flexibility index (Phi) is 6.05. The zero-order valence-electron chi connectivity index (χ0n) is 12.6. The van der Waals surface area contributed by atoms with Crippen molar-refractivity contribution < 1.29 is 9.90 Å². The third-order valence-electron chi connectivity index (χ3n) is 4.26. The number of hydrogen-bond donors (Lipinski definition) is 3. The largest absolute Gasteiger partial charge is 0.399 e. The van der Waals surface area contributed by atoms with Crippen LogP contribution in [0.3, 0.4) is 0 Å². The molecule has 1 aliphatic carbocycles. The molecule has 1 amide bonds. The fourth-order valence-corrected chi connectivity index (χ4v) is 2.95. The number of amides is 1. The summed E-state index contributed by atoms with van der Waals surface area (Å²) < 4.78 is 0. The van der Waals surface area contributed by atoms with Crippen molar-refractivity contribution in [1.82, 2.24) is 5.32 Å². The lowest BCUT2D eigenvalue weighted by Gasteiger charge is -2.16. The quantitative estimate of drug-likeness (QED) is 0.576. The lowest BCUT2D eigenvalue weighted by Crippen LogP contribution is -2.29. The molecule has 0 saturated heterocycles. The number of nitrogens with one attached hydrogen (secondary N) is 1. The number of carbonyl (C=O) groups excluding carboxylic acids is 1. The molecule has 0 bridgehead atoms. The summed E-state index contributed by atoms with van der Waals surface area (Å²) in [6.45, 7) is 0.259. The zero-order chi connectivity index (χ0) is 15.1. The molecule has 4 heteroatoms. The number of anilines is 1. The minimum Gasteiger partial charge on any atom is -0.399 e. The summed E-state index contributed by atoms with van der Waals surface area (Å²) in [6.07, 6.45) is 7.32. The highest BCUT2D eigenvalue weighted by Crippen LogP contribution is 2.25. The fourth-order valence-electron chi connectivity index (χ4n) is 2.95. The van der Waals surface area contributed by atoms with Gasteiger partial charge in [-0.2, -0.15) is 0 Å². The molecule has 1 fully saturated rings. The van der Waals surface area contributed by atoms with Gasteiger partial charge in [0.25, 0.3) is 0 Å². The van der Waals surface area contributed by atoms with Gasteiger partial charge in [-0.3, -0.25) is 4.79 Å². The van der Waals surface area contributed by atoms with Gasteiger partial charge in [0.15, 0.2) is 0 Å². The van der Waals surface area contributed by atoms with E-state index in [1.165, 1.54) is 25.7 Å². The summed E-state index contributed by atoms with van der Waals surface area (Å²) in [7, 11) is 0. The van der Waals surface area contributed by atoms with Gasteiger partial charge in [-0.05, 0) is 36.5 Å². The summed E-state index contributed by atoms with van der Waals surface area (Å²) in [5, 5.41) is 12.9. The molecule has 1 aromatic rings. The summed E-state index contributed by atoms with van der Waals surface area (Å²) in [5.74, 6) is 0.567. The van der Waals surface area contributed by atoms with Crippen LogP contribution in [0.2, 0.25) is 0 Å². The van der Waals surface area contributed by atoms with Crippen molar-refractivity contribution in [2.45, 2.75) is 51.0 Å². The van der Waals surface area contributed by atoms with Crippen LogP contribution in [-0.4, -0.2) is 17.6 Å². The van der Waals surface area contributed by atoms with Crippen LogP contribution in [0, 0.1) is 5.92 Å². The van der Waals surface area contributed by atoms with Gasteiger partial charge >= 0.3 is 0 Å². The Labute approximate surface area is 126 Å². The minimum absolute atomic E-state index is 0.0522. The number of benzene rings is 1. The number of carbonyl (C=O) groups is 1. The van der Waals surface area contributed by atoms with Crippen LogP contribution in [0.4, 0.5) is 5.69 Å². The summed E-state index contributed by atoms with van der Waals surface area (Å²) >= 11 is 0. The highest BCUT2D eigenvalue weighted by molar-refractivity contribution is 5.76. The molecule has 1 atom stereocenters. The SMILES string of the molecule is Nc1ccc(C(O)CNC(=O)CC2CCCCCC2)cc1. The molecule has 116 valence electrons. The van der Waals surface area contributed by atoms with Crippen LogP contribution in [0.5, 0.6) is 0 Å². The van der Waals surface area contributed by atoms with E-state index < -0.39 is 6.10 Å². The van der Waals surface area contributed by atoms with Crippen LogP contribution < -0.4 is 11.1 Å². The van der Waals surface area contributed by atoms with Crippen molar-refractivity contribution in [2.24, 2.45) is 5.92 Å². The minimum atomic E-state index is -0.677. The Hall–Kier alpha value is -1.55. The van der Waals surface area contributed by atoms with Gasteiger partial charge in [0.05, 0.1) is 6.10 Å². The average Bonchev–Trinajstić information content (AvgIpc) is 2.74. The maximum atomic E-state index is 12.0. The second-order valence-corrected chi connectivity index (χ2v) is 6.05. The second-order valence-electron chi connectivity index (χ2n) is 6.05. The topological polar surface area (TPSA) is 75.3 Å². The van der Waals surface area contributed by atoms with Crippen molar-refractivity contribution in [3.8, 4) is 0 Å². The van der Waals surface area contributed by atoms with Crippen molar-refractivity contribution in [3.63, 3.8) is 0 Å². The number of nitrogen functional groups attached to an aromatic ring is 1. The third kappa shape index (κ3) is 5.38. The monoisotopic (exact) mass is 290 g/mol. The summed E-state index contributed by atoms with van der Waals surface area (Å²) in [5.41, 5.74) is 7.06. The average molecular weight is 290 g/mol. The van der Waals surface area contributed by atoms with Crippen molar-refractivity contribution >= 4 is 11.6 Å². The van der Waals surface area contributed by atoms with E-state index in [0.29, 0.717) is 18.0 Å². The number of rotatable bonds is 5. The van der Waals surface area contributed by atoms with E-state index in [2.05, 4.69) is 5.32 Å². The first-order valence-electron chi connectivity index (χ1n) is 7.95. The second kappa shape index (κ2) is 8.03. The highest BCUT2D eigenvalue weighted by Gasteiger charge is 2.17. The van der Waals surface area contributed by atoms with Crippen LogP contribution in [0.15, 0.2) is 24.3 Å². The number of nitrogens with two attached hydrogens (primary N) is 1. The van der Waals surface area contributed by atoms with Gasteiger partial charge in [-0.15, -0.1) is 0 Å². The maximum absolute atomic E-state index is 12.0. The first-order chi connectivity index (χ1) is 10.1. The predicted molar refractivity (Wildman–Crippen MR) is 84.6 cm³/mol. The van der Waals surface area contributed by atoms with E-state index in [-0.39, 0.29) is 12.5 Å². The van der Waals surface area contributed by atoms with Crippen LogP contribution in [0.1, 0.15) is 56.6 Å². The van der Waals surface area contributed by atoms with Gasteiger partial charge in [-0.25, -0.2) is 0 Å². The molecule has 1 saturated carbocycles.